The van der Waals surface area contributed by atoms with Crippen LogP contribution >= 0.6 is 0 Å². The van der Waals surface area contributed by atoms with Gasteiger partial charge in [-0.1, -0.05) is 24.3 Å². The first-order valence-corrected chi connectivity index (χ1v) is 7.86. The van der Waals surface area contributed by atoms with Crippen molar-refractivity contribution < 1.29 is 4.74 Å². The van der Waals surface area contributed by atoms with E-state index in [0.717, 1.165) is 38.4 Å². The number of hydrogen-bond donors (Lipinski definition) is 1. The van der Waals surface area contributed by atoms with Crippen LogP contribution in [0.1, 0.15) is 42.7 Å². The van der Waals surface area contributed by atoms with Crippen LogP contribution in [0.25, 0.3) is 0 Å². The SMILES string of the molecule is COC1CCN(Cc2cccc(C3CC3)c2)C(CN)C1. The van der Waals surface area contributed by atoms with Crippen LogP contribution in [-0.4, -0.2) is 37.2 Å². The normalized spacial score (nSPS) is 27.7. The predicted octanol–water partition coefficient (Wildman–Crippen LogP) is 2.50. The summed E-state index contributed by atoms with van der Waals surface area (Å²) in [4.78, 5) is 2.53. The van der Waals surface area contributed by atoms with E-state index in [-0.39, 0.29) is 0 Å². The summed E-state index contributed by atoms with van der Waals surface area (Å²) in [6, 6.07) is 9.59. The number of benzene rings is 1. The third kappa shape index (κ3) is 3.22. The highest BCUT2D eigenvalue weighted by Crippen LogP contribution is 2.40. The molecule has 3 heteroatoms. The van der Waals surface area contributed by atoms with Gasteiger partial charge in [0.25, 0.3) is 0 Å². The molecule has 1 heterocycles. The maximum Gasteiger partial charge on any atom is 0.0599 e. The van der Waals surface area contributed by atoms with Crippen molar-refractivity contribution in [1.29, 1.82) is 0 Å². The van der Waals surface area contributed by atoms with Crippen molar-refractivity contribution in [2.75, 3.05) is 20.2 Å². The van der Waals surface area contributed by atoms with E-state index in [4.69, 9.17) is 10.5 Å². The first-order chi connectivity index (χ1) is 9.80. The summed E-state index contributed by atoms with van der Waals surface area (Å²) >= 11 is 0. The van der Waals surface area contributed by atoms with Crippen molar-refractivity contribution in [2.45, 2.75) is 50.3 Å². The fraction of sp³-hybridized carbons (Fsp3) is 0.647. The van der Waals surface area contributed by atoms with Gasteiger partial charge in [0, 0.05) is 32.8 Å². The molecule has 1 saturated carbocycles. The molecule has 1 saturated heterocycles. The Bertz CT molecular complexity index is 444. The number of nitrogens with two attached hydrogens (primary N) is 1. The van der Waals surface area contributed by atoms with Gasteiger partial charge < -0.3 is 10.5 Å². The molecule has 1 aromatic rings. The van der Waals surface area contributed by atoms with Gasteiger partial charge in [0.1, 0.15) is 0 Å². The van der Waals surface area contributed by atoms with E-state index < -0.39 is 0 Å². The second kappa shape index (κ2) is 6.25. The summed E-state index contributed by atoms with van der Waals surface area (Å²) < 4.78 is 5.50. The monoisotopic (exact) mass is 274 g/mol. The Morgan fingerprint density at radius 1 is 1.30 bits per heavy atom. The van der Waals surface area contributed by atoms with Gasteiger partial charge >= 0.3 is 0 Å². The van der Waals surface area contributed by atoms with Gasteiger partial charge in [0.05, 0.1) is 6.10 Å². The van der Waals surface area contributed by atoms with Crippen molar-refractivity contribution in [2.24, 2.45) is 5.73 Å². The van der Waals surface area contributed by atoms with E-state index >= 15 is 0 Å². The van der Waals surface area contributed by atoms with Crippen LogP contribution in [0.5, 0.6) is 0 Å². The Hall–Kier alpha value is -0.900. The van der Waals surface area contributed by atoms with Crippen LogP contribution in [0.3, 0.4) is 0 Å². The highest BCUT2D eigenvalue weighted by Gasteiger charge is 2.28. The van der Waals surface area contributed by atoms with Gasteiger partial charge in [-0.25, -0.2) is 0 Å². The molecule has 0 spiro atoms. The zero-order valence-electron chi connectivity index (χ0n) is 12.4. The van der Waals surface area contributed by atoms with Crippen molar-refractivity contribution in [1.82, 2.24) is 4.90 Å². The quantitative estimate of drug-likeness (QED) is 0.896. The Balaban J connectivity index is 1.65. The molecule has 110 valence electrons. The van der Waals surface area contributed by atoms with Gasteiger partial charge in [-0.3, -0.25) is 4.90 Å². The molecule has 2 N–H and O–H groups in total. The minimum Gasteiger partial charge on any atom is -0.381 e. The molecule has 0 bridgehead atoms. The molecule has 0 radical (unpaired) electrons. The molecule has 0 aromatic heterocycles. The van der Waals surface area contributed by atoms with Crippen LogP contribution in [0.4, 0.5) is 0 Å². The summed E-state index contributed by atoms with van der Waals surface area (Å²) in [6.07, 6.45) is 5.31. The first kappa shape index (κ1) is 14.1. The molecule has 2 atom stereocenters. The third-order valence-corrected chi connectivity index (χ3v) is 4.78. The molecule has 1 aliphatic carbocycles. The molecular weight excluding hydrogens is 248 g/mol. The fourth-order valence-electron chi connectivity index (χ4n) is 3.33. The highest BCUT2D eigenvalue weighted by molar-refractivity contribution is 5.29. The topological polar surface area (TPSA) is 38.5 Å². The largest absolute Gasteiger partial charge is 0.381 e. The van der Waals surface area contributed by atoms with Gasteiger partial charge in [0.2, 0.25) is 0 Å². The lowest BCUT2D eigenvalue weighted by molar-refractivity contribution is 0.0102. The van der Waals surface area contributed by atoms with Gasteiger partial charge in [-0.15, -0.1) is 0 Å². The molecule has 2 fully saturated rings. The van der Waals surface area contributed by atoms with E-state index in [9.17, 15) is 0 Å². The second-order valence-corrected chi connectivity index (χ2v) is 6.26. The second-order valence-electron chi connectivity index (χ2n) is 6.26. The molecule has 3 nitrogen and oxygen atoms in total. The van der Waals surface area contributed by atoms with Crippen LogP contribution in [0.2, 0.25) is 0 Å². The Morgan fingerprint density at radius 2 is 2.15 bits per heavy atom. The van der Waals surface area contributed by atoms with E-state index in [0.29, 0.717) is 12.1 Å². The van der Waals surface area contributed by atoms with E-state index in [1.54, 1.807) is 0 Å². The van der Waals surface area contributed by atoms with Crippen LogP contribution in [0, 0.1) is 0 Å². The number of hydrogen-bond acceptors (Lipinski definition) is 3. The predicted molar refractivity (Wildman–Crippen MR) is 81.7 cm³/mol. The van der Waals surface area contributed by atoms with Crippen molar-refractivity contribution >= 4 is 0 Å². The van der Waals surface area contributed by atoms with Gasteiger partial charge in [-0.2, -0.15) is 0 Å². The smallest absolute Gasteiger partial charge is 0.0599 e. The summed E-state index contributed by atoms with van der Waals surface area (Å²) in [5.41, 5.74) is 8.92. The molecule has 20 heavy (non-hydrogen) atoms. The Kier molecular flexibility index (Phi) is 4.39. The summed E-state index contributed by atoms with van der Waals surface area (Å²) in [5.74, 6) is 0.833. The lowest BCUT2D eigenvalue weighted by Gasteiger charge is -2.38. The van der Waals surface area contributed by atoms with Crippen molar-refractivity contribution in [3.63, 3.8) is 0 Å². The maximum absolute atomic E-state index is 5.96. The summed E-state index contributed by atoms with van der Waals surface area (Å²) in [6.45, 7) is 2.84. The molecule has 1 aromatic carbocycles. The molecule has 0 amide bonds. The number of nitrogens with zero attached hydrogens (tertiary/aromatic N) is 1. The van der Waals surface area contributed by atoms with Gasteiger partial charge in [0.15, 0.2) is 0 Å². The van der Waals surface area contributed by atoms with Crippen LogP contribution < -0.4 is 5.73 Å². The molecule has 2 unspecified atom stereocenters. The Labute approximate surface area is 122 Å². The van der Waals surface area contributed by atoms with Gasteiger partial charge in [-0.05, 0) is 42.7 Å². The molecule has 3 rings (SSSR count). The van der Waals surface area contributed by atoms with E-state index in [2.05, 4.69) is 29.2 Å². The lowest BCUT2D eigenvalue weighted by Crippen LogP contribution is -2.47. The number of likely N-dealkylation sites (tertiary alicyclic amines) is 1. The molecular formula is C17H26N2O. The molecule has 1 aliphatic heterocycles. The summed E-state index contributed by atoms with van der Waals surface area (Å²) in [5, 5.41) is 0. The van der Waals surface area contributed by atoms with E-state index in [1.807, 2.05) is 7.11 Å². The third-order valence-electron chi connectivity index (χ3n) is 4.78. The average Bonchev–Trinajstić information content (AvgIpc) is 3.32. The first-order valence-electron chi connectivity index (χ1n) is 7.86. The lowest BCUT2D eigenvalue weighted by atomic mass is 9.98. The zero-order valence-corrected chi connectivity index (χ0v) is 12.4. The highest BCUT2D eigenvalue weighted by atomic mass is 16.5. The van der Waals surface area contributed by atoms with E-state index in [1.165, 1.54) is 24.0 Å². The zero-order chi connectivity index (χ0) is 13.9. The number of piperidine rings is 1. The minimum absolute atomic E-state index is 0.387. The van der Waals surface area contributed by atoms with Crippen molar-refractivity contribution in [3.05, 3.63) is 35.4 Å². The summed E-state index contributed by atoms with van der Waals surface area (Å²) in [7, 11) is 1.81. The number of methoxy groups -OCH3 is 1. The fourth-order valence-corrected chi connectivity index (χ4v) is 3.33. The molecule has 2 aliphatic rings. The van der Waals surface area contributed by atoms with Crippen LogP contribution in [0.15, 0.2) is 24.3 Å². The number of ether oxygens (including phenoxy) is 1. The standard InChI is InChI=1S/C17H26N2O/c1-20-17-7-8-19(16(10-17)11-18)12-13-3-2-4-15(9-13)14-5-6-14/h2-4,9,14,16-17H,5-8,10-12,18H2,1H3. The minimum atomic E-state index is 0.387. The van der Waals surface area contributed by atoms with Crippen LogP contribution in [-0.2, 0) is 11.3 Å². The maximum atomic E-state index is 5.96. The number of rotatable bonds is 5. The van der Waals surface area contributed by atoms with Crippen molar-refractivity contribution in [3.8, 4) is 0 Å². The average molecular weight is 274 g/mol. The Morgan fingerprint density at radius 3 is 2.85 bits per heavy atom.